The van der Waals surface area contributed by atoms with Crippen molar-refractivity contribution < 1.29 is 17.9 Å². The molecule has 0 saturated carbocycles. The SMILES string of the molecule is N#Cc1ccc(Cl)cc1OC(F)(F)F. The number of hydrogen-bond acceptors (Lipinski definition) is 2. The molecule has 0 heterocycles. The van der Waals surface area contributed by atoms with Crippen LogP contribution in [0.5, 0.6) is 5.75 Å². The Hall–Kier alpha value is -1.41. The van der Waals surface area contributed by atoms with Crippen LogP contribution >= 0.6 is 11.6 Å². The van der Waals surface area contributed by atoms with E-state index in [2.05, 4.69) is 4.74 Å². The summed E-state index contributed by atoms with van der Waals surface area (Å²) in [6.07, 6.45) is -4.82. The summed E-state index contributed by atoms with van der Waals surface area (Å²) < 4.78 is 39.0. The van der Waals surface area contributed by atoms with E-state index in [4.69, 9.17) is 16.9 Å². The summed E-state index contributed by atoms with van der Waals surface area (Å²) in [7, 11) is 0. The molecule has 0 fully saturated rings. The molecule has 14 heavy (non-hydrogen) atoms. The first kappa shape index (κ1) is 10.7. The zero-order valence-corrected chi connectivity index (χ0v) is 7.36. The minimum absolute atomic E-state index is 0.0725. The first-order valence-corrected chi connectivity index (χ1v) is 3.75. The standard InChI is InChI=1S/C8H3ClF3NO/c9-6-2-1-5(4-13)7(3-6)14-8(10,11)12/h1-3H. The molecule has 0 atom stereocenters. The van der Waals surface area contributed by atoms with Gasteiger partial charge in [0.15, 0.2) is 0 Å². The maximum absolute atomic E-state index is 11.8. The molecule has 1 rings (SSSR count). The third-order valence-corrected chi connectivity index (χ3v) is 1.52. The lowest BCUT2D eigenvalue weighted by Crippen LogP contribution is -2.17. The lowest BCUT2D eigenvalue weighted by atomic mass is 10.2. The van der Waals surface area contributed by atoms with Crippen LogP contribution in [0.25, 0.3) is 0 Å². The second-order valence-electron chi connectivity index (χ2n) is 2.30. The van der Waals surface area contributed by atoms with Crippen molar-refractivity contribution in [2.24, 2.45) is 0 Å². The second-order valence-corrected chi connectivity index (χ2v) is 2.74. The van der Waals surface area contributed by atoms with E-state index in [0.29, 0.717) is 0 Å². The van der Waals surface area contributed by atoms with Crippen LogP contribution in [0.3, 0.4) is 0 Å². The first-order valence-electron chi connectivity index (χ1n) is 3.38. The molecule has 1 aromatic rings. The zero-order valence-electron chi connectivity index (χ0n) is 6.60. The summed E-state index contributed by atoms with van der Waals surface area (Å²) in [5.74, 6) is -0.590. The van der Waals surface area contributed by atoms with Gasteiger partial charge in [-0.2, -0.15) is 5.26 Å². The van der Waals surface area contributed by atoms with Crippen molar-refractivity contribution in [3.63, 3.8) is 0 Å². The summed E-state index contributed by atoms with van der Waals surface area (Å²) >= 11 is 5.45. The molecule has 0 saturated heterocycles. The van der Waals surface area contributed by atoms with Gasteiger partial charge in [-0.25, -0.2) is 0 Å². The Morgan fingerprint density at radius 3 is 2.50 bits per heavy atom. The smallest absolute Gasteiger partial charge is 0.404 e. The van der Waals surface area contributed by atoms with E-state index in [0.717, 1.165) is 12.1 Å². The highest BCUT2D eigenvalue weighted by Crippen LogP contribution is 2.28. The number of hydrogen-bond donors (Lipinski definition) is 0. The molecule has 1 aromatic carbocycles. The predicted octanol–water partition coefficient (Wildman–Crippen LogP) is 3.11. The summed E-state index contributed by atoms with van der Waals surface area (Å²) in [6.45, 7) is 0. The number of halogens is 4. The van der Waals surface area contributed by atoms with E-state index >= 15 is 0 Å². The lowest BCUT2D eigenvalue weighted by molar-refractivity contribution is -0.274. The van der Waals surface area contributed by atoms with Crippen LogP contribution in [0, 0.1) is 11.3 Å². The summed E-state index contributed by atoms with van der Waals surface area (Å²) in [5, 5.41) is 8.54. The predicted molar refractivity (Wildman–Crippen MR) is 42.9 cm³/mol. The van der Waals surface area contributed by atoms with Crippen molar-refractivity contribution in [3.8, 4) is 11.8 Å². The highest BCUT2D eigenvalue weighted by molar-refractivity contribution is 6.30. The monoisotopic (exact) mass is 221 g/mol. The number of benzene rings is 1. The fourth-order valence-electron chi connectivity index (χ4n) is 0.798. The minimum atomic E-state index is -4.82. The quantitative estimate of drug-likeness (QED) is 0.730. The molecule has 0 bridgehead atoms. The first-order chi connectivity index (χ1) is 6.42. The Morgan fingerprint density at radius 2 is 2.00 bits per heavy atom. The molecule has 0 aliphatic carbocycles. The van der Waals surface area contributed by atoms with Crippen molar-refractivity contribution in [2.45, 2.75) is 6.36 Å². The Kier molecular flexibility index (Phi) is 2.87. The molecular formula is C8H3ClF3NO. The fourth-order valence-corrected chi connectivity index (χ4v) is 0.960. The van der Waals surface area contributed by atoms with Gasteiger partial charge in [0, 0.05) is 11.1 Å². The second kappa shape index (κ2) is 3.76. The van der Waals surface area contributed by atoms with Crippen LogP contribution in [-0.4, -0.2) is 6.36 Å². The topological polar surface area (TPSA) is 33.0 Å². The molecule has 0 aliphatic rings. The summed E-state index contributed by atoms with van der Waals surface area (Å²) in [4.78, 5) is 0. The number of nitriles is 1. The van der Waals surface area contributed by atoms with Gasteiger partial charge in [-0.05, 0) is 12.1 Å². The number of nitrogens with zero attached hydrogens (tertiary/aromatic N) is 1. The van der Waals surface area contributed by atoms with Gasteiger partial charge in [-0.3, -0.25) is 0 Å². The molecule has 2 nitrogen and oxygen atoms in total. The van der Waals surface area contributed by atoms with Crippen LogP contribution < -0.4 is 4.74 Å². The fraction of sp³-hybridized carbons (Fsp3) is 0.125. The van der Waals surface area contributed by atoms with Gasteiger partial charge in [0.1, 0.15) is 11.8 Å². The van der Waals surface area contributed by atoms with E-state index < -0.39 is 12.1 Å². The van der Waals surface area contributed by atoms with Crippen molar-refractivity contribution in [1.29, 1.82) is 5.26 Å². The van der Waals surface area contributed by atoms with E-state index in [9.17, 15) is 13.2 Å². The van der Waals surface area contributed by atoms with Gasteiger partial charge in [-0.1, -0.05) is 11.6 Å². The highest BCUT2D eigenvalue weighted by atomic mass is 35.5. The number of alkyl halides is 3. The molecule has 0 aliphatic heterocycles. The van der Waals surface area contributed by atoms with Crippen LogP contribution in [0.15, 0.2) is 18.2 Å². The Balaban J connectivity index is 3.07. The van der Waals surface area contributed by atoms with Crippen molar-refractivity contribution in [2.75, 3.05) is 0 Å². The van der Waals surface area contributed by atoms with Gasteiger partial charge in [0.25, 0.3) is 0 Å². The Labute approximate surface area is 82.5 Å². The van der Waals surface area contributed by atoms with E-state index in [1.807, 2.05) is 0 Å². The Bertz CT molecular complexity index is 383. The Morgan fingerprint density at radius 1 is 1.36 bits per heavy atom. The van der Waals surface area contributed by atoms with Crippen LogP contribution in [0.4, 0.5) is 13.2 Å². The van der Waals surface area contributed by atoms with Gasteiger partial charge in [0.2, 0.25) is 0 Å². The number of rotatable bonds is 1. The van der Waals surface area contributed by atoms with E-state index in [-0.39, 0.29) is 10.6 Å². The largest absolute Gasteiger partial charge is 0.573 e. The van der Waals surface area contributed by atoms with Gasteiger partial charge in [-0.15, -0.1) is 13.2 Å². The van der Waals surface area contributed by atoms with Gasteiger partial charge >= 0.3 is 6.36 Å². The lowest BCUT2D eigenvalue weighted by Gasteiger charge is -2.09. The third kappa shape index (κ3) is 2.82. The van der Waals surface area contributed by atoms with E-state index in [1.165, 1.54) is 6.07 Å². The molecule has 0 radical (unpaired) electrons. The summed E-state index contributed by atoms with van der Waals surface area (Å²) in [5.41, 5.74) is -0.216. The van der Waals surface area contributed by atoms with Crippen LogP contribution in [0.1, 0.15) is 5.56 Å². The average Bonchev–Trinajstić information content (AvgIpc) is 2.01. The van der Waals surface area contributed by atoms with Gasteiger partial charge < -0.3 is 4.74 Å². The maximum atomic E-state index is 11.8. The summed E-state index contributed by atoms with van der Waals surface area (Å²) in [6, 6.07) is 4.96. The van der Waals surface area contributed by atoms with E-state index in [1.54, 1.807) is 6.07 Å². The molecule has 74 valence electrons. The molecular weight excluding hydrogens is 219 g/mol. The van der Waals surface area contributed by atoms with Crippen molar-refractivity contribution in [1.82, 2.24) is 0 Å². The number of ether oxygens (including phenoxy) is 1. The molecule has 6 heteroatoms. The zero-order chi connectivity index (χ0) is 10.8. The average molecular weight is 222 g/mol. The molecule has 0 N–H and O–H groups in total. The molecule has 0 unspecified atom stereocenters. The van der Waals surface area contributed by atoms with Crippen LogP contribution in [-0.2, 0) is 0 Å². The molecule has 0 aromatic heterocycles. The van der Waals surface area contributed by atoms with Crippen molar-refractivity contribution in [3.05, 3.63) is 28.8 Å². The maximum Gasteiger partial charge on any atom is 0.573 e. The minimum Gasteiger partial charge on any atom is -0.404 e. The normalized spacial score (nSPS) is 10.8. The van der Waals surface area contributed by atoms with Crippen LogP contribution in [0.2, 0.25) is 5.02 Å². The third-order valence-electron chi connectivity index (χ3n) is 1.29. The molecule has 0 spiro atoms. The molecule has 0 amide bonds. The van der Waals surface area contributed by atoms with Crippen molar-refractivity contribution >= 4 is 11.6 Å². The van der Waals surface area contributed by atoms with Gasteiger partial charge in [0.05, 0.1) is 5.56 Å². The highest BCUT2D eigenvalue weighted by Gasteiger charge is 2.32.